The lowest BCUT2D eigenvalue weighted by Crippen LogP contribution is -2.37. The zero-order valence-electron chi connectivity index (χ0n) is 11.9. The molecule has 0 radical (unpaired) electrons. The molecule has 0 spiro atoms. The minimum atomic E-state index is -1.09. The largest absolute Gasteiger partial charge is 0.337 e. The van der Waals surface area contributed by atoms with E-state index in [9.17, 15) is 4.79 Å². The molecule has 1 unspecified atom stereocenters. The lowest BCUT2D eigenvalue weighted by Gasteiger charge is -2.20. The summed E-state index contributed by atoms with van der Waals surface area (Å²) in [5, 5.41) is 5.76. The number of hydrogen-bond acceptors (Lipinski definition) is 2. The van der Waals surface area contributed by atoms with Crippen LogP contribution in [0.1, 0.15) is 12.0 Å². The van der Waals surface area contributed by atoms with E-state index >= 15 is 0 Å². The molecular formula is C16H15ClN4O. The Morgan fingerprint density at radius 1 is 1.27 bits per heavy atom. The molecule has 1 fully saturated rings. The van der Waals surface area contributed by atoms with Gasteiger partial charge in [0.05, 0.1) is 6.54 Å². The number of benzene rings is 2. The molecular weight excluding hydrogens is 300 g/mol. The van der Waals surface area contributed by atoms with Gasteiger partial charge in [0.15, 0.2) is 0 Å². The van der Waals surface area contributed by atoms with Crippen molar-refractivity contribution in [3.05, 3.63) is 58.5 Å². The Labute approximate surface area is 133 Å². The smallest absolute Gasteiger partial charge is 0.244 e. The molecule has 5 nitrogen and oxygen atoms in total. The first-order valence-corrected chi connectivity index (χ1v) is 7.48. The fourth-order valence-electron chi connectivity index (χ4n) is 2.88. The Kier molecular flexibility index (Phi) is 3.92. The zero-order chi connectivity index (χ0) is 15.6. The van der Waals surface area contributed by atoms with E-state index in [1.807, 2.05) is 24.3 Å². The van der Waals surface area contributed by atoms with Gasteiger partial charge in [-0.25, -0.2) is 0 Å². The molecule has 1 saturated heterocycles. The number of nitrogens with zero attached hydrogens (tertiary/aromatic N) is 4. The molecule has 1 aliphatic rings. The third kappa shape index (κ3) is 2.61. The van der Waals surface area contributed by atoms with Crippen LogP contribution in [0.4, 0.5) is 0 Å². The summed E-state index contributed by atoms with van der Waals surface area (Å²) in [6, 6.07) is 14.2. The fraction of sp³-hybridized carbons (Fsp3) is 0.312. The number of amides is 1. The maximum atomic E-state index is 12.5. The predicted octanol–water partition coefficient (Wildman–Crippen LogP) is 3.86. The fourth-order valence-corrected chi connectivity index (χ4v) is 3.14. The molecule has 6 heteroatoms. The summed E-state index contributed by atoms with van der Waals surface area (Å²) in [4.78, 5) is 15.8. The van der Waals surface area contributed by atoms with Gasteiger partial charge in [-0.2, -0.15) is 0 Å². The van der Waals surface area contributed by atoms with Crippen LogP contribution in [0.5, 0.6) is 0 Å². The highest BCUT2D eigenvalue weighted by atomic mass is 35.5. The first-order valence-electron chi connectivity index (χ1n) is 7.10. The molecule has 0 saturated carbocycles. The normalized spacial score (nSPS) is 21.1. The van der Waals surface area contributed by atoms with Crippen molar-refractivity contribution in [1.29, 1.82) is 0 Å². The predicted molar refractivity (Wildman–Crippen MR) is 86.6 cm³/mol. The summed E-state index contributed by atoms with van der Waals surface area (Å²) in [6.07, 6.45) is 0.497. The summed E-state index contributed by atoms with van der Waals surface area (Å²) in [7, 11) is 0. The van der Waals surface area contributed by atoms with Gasteiger partial charge >= 0.3 is 0 Å². The molecule has 1 aliphatic heterocycles. The highest BCUT2D eigenvalue weighted by molar-refractivity contribution is 6.35. The molecule has 1 atom stereocenters. The van der Waals surface area contributed by atoms with Crippen LogP contribution in [0.2, 0.25) is 0 Å². The maximum absolute atomic E-state index is 12.5. The van der Waals surface area contributed by atoms with Gasteiger partial charge in [-0.15, -0.1) is 11.6 Å². The Morgan fingerprint density at radius 3 is 2.86 bits per heavy atom. The number of halogens is 1. The number of alkyl halides is 1. The third-order valence-corrected chi connectivity index (χ3v) is 4.54. The van der Waals surface area contributed by atoms with Crippen molar-refractivity contribution >= 4 is 28.3 Å². The summed E-state index contributed by atoms with van der Waals surface area (Å²) >= 11 is 6.32. The van der Waals surface area contributed by atoms with Crippen LogP contribution in [0, 0.1) is 0 Å². The van der Waals surface area contributed by atoms with Gasteiger partial charge in [0.25, 0.3) is 0 Å². The standard InChI is InChI=1S/C16H15ClN4O/c17-16(11-19-20-18)8-9-21(15(16)22)10-13-6-3-5-12-4-1-2-7-14(12)13/h1-7H,8-11H2. The Morgan fingerprint density at radius 2 is 2.05 bits per heavy atom. The lowest BCUT2D eigenvalue weighted by molar-refractivity contribution is -0.130. The van der Waals surface area contributed by atoms with Gasteiger partial charge in [0, 0.05) is 18.0 Å². The second-order valence-corrected chi connectivity index (χ2v) is 6.19. The van der Waals surface area contributed by atoms with E-state index in [-0.39, 0.29) is 12.5 Å². The molecule has 22 heavy (non-hydrogen) atoms. The molecule has 3 rings (SSSR count). The van der Waals surface area contributed by atoms with Crippen LogP contribution >= 0.6 is 11.6 Å². The van der Waals surface area contributed by atoms with E-state index in [1.165, 1.54) is 0 Å². The van der Waals surface area contributed by atoms with E-state index in [4.69, 9.17) is 17.1 Å². The summed E-state index contributed by atoms with van der Waals surface area (Å²) in [5.74, 6) is -0.158. The van der Waals surface area contributed by atoms with Crippen LogP contribution in [0.15, 0.2) is 47.6 Å². The number of likely N-dealkylation sites (tertiary alicyclic amines) is 1. The number of azide groups is 1. The molecule has 0 aliphatic carbocycles. The van der Waals surface area contributed by atoms with Crippen LogP contribution in [-0.4, -0.2) is 28.8 Å². The van der Waals surface area contributed by atoms with Crippen molar-refractivity contribution in [2.45, 2.75) is 17.8 Å². The van der Waals surface area contributed by atoms with Crippen molar-refractivity contribution in [2.75, 3.05) is 13.1 Å². The average molecular weight is 315 g/mol. The summed E-state index contributed by atoms with van der Waals surface area (Å²) in [5.41, 5.74) is 9.52. The molecule has 1 amide bonds. The van der Waals surface area contributed by atoms with Crippen molar-refractivity contribution in [2.24, 2.45) is 5.11 Å². The van der Waals surface area contributed by atoms with Crippen molar-refractivity contribution < 1.29 is 4.79 Å². The SMILES string of the molecule is [N-]=[N+]=NCC1(Cl)CCN(Cc2cccc3ccccc23)C1=O. The first-order chi connectivity index (χ1) is 10.6. The second kappa shape index (κ2) is 5.87. The van der Waals surface area contributed by atoms with Gasteiger partial charge in [-0.3, -0.25) is 4.79 Å². The van der Waals surface area contributed by atoms with Gasteiger partial charge in [-0.1, -0.05) is 47.6 Å². The topological polar surface area (TPSA) is 69.1 Å². The minimum Gasteiger partial charge on any atom is -0.337 e. The van der Waals surface area contributed by atoms with E-state index < -0.39 is 4.87 Å². The average Bonchev–Trinajstić information content (AvgIpc) is 2.82. The van der Waals surface area contributed by atoms with Gasteiger partial charge in [0.2, 0.25) is 5.91 Å². The molecule has 2 aromatic rings. The van der Waals surface area contributed by atoms with E-state index in [0.717, 1.165) is 16.3 Å². The molecule has 2 aromatic carbocycles. The number of carbonyl (C=O) groups excluding carboxylic acids is 1. The van der Waals surface area contributed by atoms with E-state index in [1.54, 1.807) is 4.90 Å². The first kappa shape index (κ1) is 14.7. The second-order valence-electron chi connectivity index (χ2n) is 5.47. The van der Waals surface area contributed by atoms with Crippen molar-refractivity contribution in [1.82, 2.24) is 4.90 Å². The number of hydrogen-bond donors (Lipinski definition) is 0. The number of carbonyl (C=O) groups is 1. The Balaban J connectivity index is 1.84. The van der Waals surface area contributed by atoms with Gasteiger partial charge < -0.3 is 4.90 Å². The van der Waals surface area contributed by atoms with Gasteiger partial charge in [-0.05, 0) is 28.3 Å². The molecule has 0 aromatic heterocycles. The maximum Gasteiger partial charge on any atom is 0.244 e. The third-order valence-electron chi connectivity index (χ3n) is 4.07. The van der Waals surface area contributed by atoms with Crippen molar-refractivity contribution in [3.63, 3.8) is 0 Å². The summed E-state index contributed by atoms with van der Waals surface area (Å²) < 4.78 is 0. The molecule has 1 heterocycles. The van der Waals surface area contributed by atoms with E-state index in [0.29, 0.717) is 19.5 Å². The van der Waals surface area contributed by atoms with Gasteiger partial charge in [0.1, 0.15) is 4.87 Å². The Bertz CT molecular complexity index is 766. The quantitative estimate of drug-likeness (QED) is 0.365. The van der Waals surface area contributed by atoms with Crippen LogP contribution in [0.25, 0.3) is 21.2 Å². The monoisotopic (exact) mass is 314 g/mol. The highest BCUT2D eigenvalue weighted by Crippen LogP contribution is 2.32. The number of rotatable bonds is 4. The molecule has 0 N–H and O–H groups in total. The minimum absolute atomic E-state index is 0.00404. The molecule has 112 valence electrons. The van der Waals surface area contributed by atoms with E-state index in [2.05, 4.69) is 28.2 Å². The molecule has 0 bridgehead atoms. The van der Waals surface area contributed by atoms with Crippen LogP contribution in [-0.2, 0) is 11.3 Å². The Hall–Kier alpha value is -2.23. The number of fused-ring (bicyclic) bond motifs is 1. The lowest BCUT2D eigenvalue weighted by atomic mass is 10.0. The zero-order valence-corrected chi connectivity index (χ0v) is 12.7. The van der Waals surface area contributed by atoms with Crippen LogP contribution in [0.3, 0.4) is 0 Å². The highest BCUT2D eigenvalue weighted by Gasteiger charge is 2.44. The summed E-state index contributed by atoms with van der Waals surface area (Å²) in [6.45, 7) is 1.09. The van der Waals surface area contributed by atoms with Crippen molar-refractivity contribution in [3.8, 4) is 0 Å². The van der Waals surface area contributed by atoms with Crippen LogP contribution < -0.4 is 0 Å².